The van der Waals surface area contributed by atoms with Crippen molar-refractivity contribution in [3.63, 3.8) is 0 Å². The molecule has 2 rings (SSSR count). The van der Waals surface area contributed by atoms with E-state index in [-0.39, 0.29) is 0 Å². The quantitative estimate of drug-likeness (QED) is 0.872. The molecule has 2 atom stereocenters. The first kappa shape index (κ1) is 12.0. The van der Waals surface area contributed by atoms with Crippen LogP contribution in [0.1, 0.15) is 35.7 Å². The first-order chi connectivity index (χ1) is 7.70. The second-order valence-electron chi connectivity index (χ2n) is 4.70. The standard InChI is InChI=1S/C12H21N3S/c1-9(13-2)7-10-8-14-12(16-10)11-5-4-6-15(11)3/h8-9,11,13H,4-7H2,1-3H3. The molecular formula is C12H21N3S. The fraction of sp³-hybridized carbons (Fsp3) is 0.750. The zero-order chi connectivity index (χ0) is 11.5. The molecule has 0 bridgehead atoms. The van der Waals surface area contributed by atoms with E-state index in [1.54, 1.807) is 0 Å². The summed E-state index contributed by atoms with van der Waals surface area (Å²) in [5.41, 5.74) is 0. The molecule has 0 aliphatic carbocycles. The van der Waals surface area contributed by atoms with E-state index in [0.717, 1.165) is 6.42 Å². The van der Waals surface area contributed by atoms with Crippen molar-refractivity contribution >= 4 is 11.3 Å². The molecule has 0 saturated carbocycles. The molecule has 1 aromatic heterocycles. The molecule has 2 heterocycles. The van der Waals surface area contributed by atoms with Crippen LogP contribution in [0.4, 0.5) is 0 Å². The van der Waals surface area contributed by atoms with Crippen molar-refractivity contribution in [2.75, 3.05) is 20.6 Å². The van der Waals surface area contributed by atoms with E-state index >= 15 is 0 Å². The summed E-state index contributed by atoms with van der Waals surface area (Å²) in [7, 11) is 4.21. The van der Waals surface area contributed by atoms with Gasteiger partial charge in [-0.3, -0.25) is 4.90 Å². The van der Waals surface area contributed by atoms with Gasteiger partial charge in [-0.2, -0.15) is 0 Å². The summed E-state index contributed by atoms with van der Waals surface area (Å²) >= 11 is 1.88. The van der Waals surface area contributed by atoms with E-state index in [1.165, 1.54) is 29.3 Å². The maximum atomic E-state index is 4.59. The fourth-order valence-corrected chi connectivity index (χ4v) is 3.44. The number of nitrogens with one attached hydrogen (secondary N) is 1. The van der Waals surface area contributed by atoms with E-state index in [4.69, 9.17) is 0 Å². The molecule has 90 valence electrons. The molecule has 0 amide bonds. The molecule has 0 aromatic carbocycles. The minimum Gasteiger partial charge on any atom is -0.317 e. The van der Waals surface area contributed by atoms with E-state index in [0.29, 0.717) is 12.1 Å². The molecule has 1 aliphatic rings. The third-order valence-electron chi connectivity index (χ3n) is 3.38. The van der Waals surface area contributed by atoms with E-state index in [2.05, 4.69) is 35.4 Å². The number of likely N-dealkylation sites (N-methyl/N-ethyl adjacent to an activating group) is 1. The van der Waals surface area contributed by atoms with Crippen molar-refractivity contribution < 1.29 is 0 Å². The Labute approximate surface area is 102 Å². The number of hydrogen-bond acceptors (Lipinski definition) is 4. The highest BCUT2D eigenvalue weighted by molar-refractivity contribution is 7.11. The first-order valence-corrected chi connectivity index (χ1v) is 6.84. The van der Waals surface area contributed by atoms with E-state index in [9.17, 15) is 0 Å². The molecule has 1 saturated heterocycles. The Hall–Kier alpha value is -0.450. The van der Waals surface area contributed by atoms with E-state index < -0.39 is 0 Å². The maximum absolute atomic E-state index is 4.59. The van der Waals surface area contributed by atoms with Gasteiger partial charge < -0.3 is 5.32 Å². The zero-order valence-corrected chi connectivity index (χ0v) is 11.2. The molecule has 0 spiro atoms. The van der Waals surface area contributed by atoms with Crippen LogP contribution >= 0.6 is 11.3 Å². The first-order valence-electron chi connectivity index (χ1n) is 6.03. The third-order valence-corrected chi connectivity index (χ3v) is 4.50. The topological polar surface area (TPSA) is 28.2 Å². The lowest BCUT2D eigenvalue weighted by atomic mass is 10.2. The second kappa shape index (κ2) is 5.25. The van der Waals surface area contributed by atoms with Crippen LogP contribution in [0, 0.1) is 0 Å². The van der Waals surface area contributed by atoms with Crippen LogP contribution in [0.3, 0.4) is 0 Å². The molecule has 3 nitrogen and oxygen atoms in total. The van der Waals surface area contributed by atoms with Gasteiger partial charge in [-0.05, 0) is 46.8 Å². The normalized spacial score (nSPS) is 23.8. The maximum Gasteiger partial charge on any atom is 0.110 e. The Morgan fingerprint density at radius 2 is 2.50 bits per heavy atom. The van der Waals surface area contributed by atoms with Crippen LogP contribution < -0.4 is 5.32 Å². The number of likely N-dealkylation sites (tertiary alicyclic amines) is 1. The number of thiazole rings is 1. The van der Waals surface area contributed by atoms with Gasteiger partial charge in [0.25, 0.3) is 0 Å². The Kier molecular flexibility index (Phi) is 3.95. The van der Waals surface area contributed by atoms with Crippen molar-refractivity contribution in [1.82, 2.24) is 15.2 Å². The molecule has 1 N–H and O–H groups in total. The molecule has 2 unspecified atom stereocenters. The summed E-state index contributed by atoms with van der Waals surface area (Å²) in [6.07, 6.45) is 5.72. The largest absolute Gasteiger partial charge is 0.317 e. The van der Waals surface area contributed by atoms with Crippen LogP contribution in [0.2, 0.25) is 0 Å². The van der Waals surface area contributed by atoms with Gasteiger partial charge in [0.05, 0.1) is 6.04 Å². The smallest absolute Gasteiger partial charge is 0.110 e. The lowest BCUT2D eigenvalue weighted by Crippen LogP contribution is -2.22. The predicted molar refractivity (Wildman–Crippen MR) is 68.9 cm³/mol. The fourth-order valence-electron chi connectivity index (χ4n) is 2.20. The highest BCUT2D eigenvalue weighted by atomic mass is 32.1. The molecule has 1 fully saturated rings. The molecule has 1 aliphatic heterocycles. The lowest BCUT2D eigenvalue weighted by Gasteiger charge is -2.16. The van der Waals surface area contributed by atoms with Crippen molar-refractivity contribution in [3.05, 3.63) is 16.1 Å². The summed E-state index contributed by atoms with van der Waals surface area (Å²) in [4.78, 5) is 8.41. The molecule has 1 aromatic rings. The summed E-state index contributed by atoms with van der Waals surface area (Å²) < 4.78 is 0. The van der Waals surface area contributed by atoms with Gasteiger partial charge in [-0.15, -0.1) is 11.3 Å². The van der Waals surface area contributed by atoms with Gasteiger partial charge in [0, 0.05) is 17.1 Å². The number of aromatic nitrogens is 1. The average Bonchev–Trinajstić information content (AvgIpc) is 2.86. The lowest BCUT2D eigenvalue weighted by molar-refractivity contribution is 0.316. The zero-order valence-electron chi connectivity index (χ0n) is 10.4. The molecule has 0 radical (unpaired) electrons. The van der Waals surface area contributed by atoms with Crippen molar-refractivity contribution in [1.29, 1.82) is 0 Å². The summed E-state index contributed by atoms with van der Waals surface area (Å²) in [6, 6.07) is 1.11. The predicted octanol–water partition coefficient (Wildman–Crippen LogP) is 2.06. The number of nitrogens with zero attached hydrogens (tertiary/aromatic N) is 2. The van der Waals surface area contributed by atoms with Gasteiger partial charge in [0.15, 0.2) is 0 Å². The summed E-state index contributed by atoms with van der Waals surface area (Å²) in [6.45, 7) is 3.42. The van der Waals surface area contributed by atoms with Gasteiger partial charge in [-0.1, -0.05) is 0 Å². The second-order valence-corrected chi connectivity index (χ2v) is 5.84. The highest BCUT2D eigenvalue weighted by Crippen LogP contribution is 2.33. The van der Waals surface area contributed by atoms with E-state index in [1.807, 2.05) is 18.4 Å². The Morgan fingerprint density at radius 3 is 3.12 bits per heavy atom. The van der Waals surface area contributed by atoms with Crippen LogP contribution in [-0.4, -0.2) is 36.6 Å². The van der Waals surface area contributed by atoms with Crippen LogP contribution in [0.25, 0.3) is 0 Å². The van der Waals surface area contributed by atoms with Crippen LogP contribution in [-0.2, 0) is 6.42 Å². The Balaban J connectivity index is 2.01. The highest BCUT2D eigenvalue weighted by Gasteiger charge is 2.25. The summed E-state index contributed by atoms with van der Waals surface area (Å²) in [5.74, 6) is 0. The summed E-state index contributed by atoms with van der Waals surface area (Å²) in [5, 5.41) is 4.57. The van der Waals surface area contributed by atoms with Gasteiger partial charge in [-0.25, -0.2) is 4.98 Å². The average molecular weight is 239 g/mol. The number of rotatable bonds is 4. The minimum absolute atomic E-state index is 0.537. The van der Waals surface area contributed by atoms with Crippen molar-refractivity contribution in [2.24, 2.45) is 0 Å². The molecular weight excluding hydrogens is 218 g/mol. The Bertz CT molecular complexity index is 337. The van der Waals surface area contributed by atoms with Gasteiger partial charge >= 0.3 is 0 Å². The van der Waals surface area contributed by atoms with Crippen LogP contribution in [0.5, 0.6) is 0 Å². The van der Waals surface area contributed by atoms with Crippen molar-refractivity contribution in [2.45, 2.75) is 38.3 Å². The molecule has 16 heavy (non-hydrogen) atoms. The molecule has 4 heteroatoms. The number of hydrogen-bond donors (Lipinski definition) is 1. The van der Waals surface area contributed by atoms with Crippen molar-refractivity contribution in [3.8, 4) is 0 Å². The third kappa shape index (κ3) is 2.62. The van der Waals surface area contributed by atoms with Crippen LogP contribution in [0.15, 0.2) is 6.20 Å². The van der Waals surface area contributed by atoms with Gasteiger partial charge in [0.2, 0.25) is 0 Å². The SMILES string of the molecule is CNC(C)Cc1cnc(C2CCCN2C)s1. The Morgan fingerprint density at radius 1 is 1.69 bits per heavy atom. The minimum atomic E-state index is 0.537. The monoisotopic (exact) mass is 239 g/mol. The van der Waals surface area contributed by atoms with Gasteiger partial charge in [0.1, 0.15) is 5.01 Å².